The number of nitrogens with two attached hydrogens (primary N) is 1. The van der Waals surface area contributed by atoms with Gasteiger partial charge in [-0.25, -0.2) is 4.79 Å². The number of carbonyl (C=O) groups excluding carboxylic acids is 3. The maximum atomic E-state index is 13.3. The first kappa shape index (κ1) is 33.5. The second-order valence-electron chi connectivity index (χ2n) is 9.98. The Morgan fingerprint density at radius 1 is 0.953 bits per heavy atom. The molecule has 0 fully saturated rings. The summed E-state index contributed by atoms with van der Waals surface area (Å²) in [5, 5.41) is 21.4. The van der Waals surface area contributed by atoms with Crippen LogP contribution in [0.2, 0.25) is 5.02 Å². The van der Waals surface area contributed by atoms with Crippen LogP contribution in [0.25, 0.3) is 0 Å². The lowest BCUT2D eigenvalue weighted by Gasteiger charge is -2.30. The third-order valence-corrected chi connectivity index (χ3v) is 7.19. The Bertz CT molecular complexity index is 1360. The van der Waals surface area contributed by atoms with Gasteiger partial charge in [0, 0.05) is 44.2 Å². The maximum Gasteiger partial charge on any atom is 0.318 e. The van der Waals surface area contributed by atoms with Crippen molar-refractivity contribution in [2.24, 2.45) is 5.73 Å². The van der Waals surface area contributed by atoms with E-state index in [4.69, 9.17) is 27.2 Å². The summed E-state index contributed by atoms with van der Waals surface area (Å²) in [6.07, 6.45) is 0.0489. The Labute approximate surface area is 257 Å². The molecule has 1 atom stereocenters. The maximum absolute atomic E-state index is 13.3. The van der Waals surface area contributed by atoms with Crippen LogP contribution in [0.5, 0.6) is 5.75 Å². The van der Waals surface area contributed by atoms with E-state index in [1.807, 2.05) is 61.5 Å². The standard InChI is InChI=1S/C32H39ClN4O6/c1-23(19-34)37(32(42)35-20-31(41)36(13-14-38)21-24-7-3-2-4-8-24)22-26-10-6-5-9-25(26)17-30(40)28-12-11-27(18-29(28)33)43-16-15-39/h2-12,18,23,38-39H,13-17,19-22,34H2,1H3,(H,35,42)/t23-/m1/s1. The van der Waals surface area contributed by atoms with Crippen molar-refractivity contribution < 1.29 is 29.3 Å². The van der Waals surface area contributed by atoms with Crippen LogP contribution in [0.15, 0.2) is 72.8 Å². The van der Waals surface area contributed by atoms with E-state index in [1.165, 1.54) is 15.9 Å². The minimum Gasteiger partial charge on any atom is -0.491 e. The molecule has 0 saturated heterocycles. The minimum absolute atomic E-state index is 0.0489. The van der Waals surface area contributed by atoms with E-state index in [0.29, 0.717) is 17.9 Å². The summed E-state index contributed by atoms with van der Waals surface area (Å²) < 4.78 is 5.36. The van der Waals surface area contributed by atoms with Gasteiger partial charge in [-0.3, -0.25) is 9.59 Å². The summed E-state index contributed by atoms with van der Waals surface area (Å²) in [6.45, 7) is 2.12. The molecule has 0 aromatic heterocycles. The first-order chi connectivity index (χ1) is 20.8. The summed E-state index contributed by atoms with van der Waals surface area (Å²) in [5.41, 5.74) is 8.65. The van der Waals surface area contributed by atoms with E-state index in [1.54, 1.807) is 12.1 Å². The van der Waals surface area contributed by atoms with Crippen molar-refractivity contribution in [3.8, 4) is 5.75 Å². The number of hydrogen-bond acceptors (Lipinski definition) is 7. The molecule has 0 unspecified atom stereocenters. The Balaban J connectivity index is 1.70. The molecule has 0 aliphatic rings. The highest BCUT2D eigenvalue weighted by atomic mass is 35.5. The first-order valence-electron chi connectivity index (χ1n) is 14.1. The minimum atomic E-state index is -0.474. The van der Waals surface area contributed by atoms with Gasteiger partial charge in [0.05, 0.1) is 24.8 Å². The molecule has 43 heavy (non-hydrogen) atoms. The van der Waals surface area contributed by atoms with E-state index < -0.39 is 6.03 Å². The molecule has 5 N–H and O–H groups in total. The van der Waals surface area contributed by atoms with Crippen LogP contribution in [0.3, 0.4) is 0 Å². The van der Waals surface area contributed by atoms with Crippen LogP contribution in [0.1, 0.15) is 34.0 Å². The second kappa shape index (κ2) is 17.2. The lowest BCUT2D eigenvalue weighted by atomic mass is 9.98. The van der Waals surface area contributed by atoms with Crippen LogP contribution in [-0.4, -0.2) is 83.2 Å². The highest BCUT2D eigenvalue weighted by molar-refractivity contribution is 6.34. The number of Topliss-reactive ketones (excluding diaryl/α,β-unsaturated/α-hetero) is 1. The van der Waals surface area contributed by atoms with E-state index in [9.17, 15) is 19.5 Å². The van der Waals surface area contributed by atoms with Crippen LogP contribution in [0, 0.1) is 0 Å². The number of aliphatic hydroxyl groups excluding tert-OH is 2. The van der Waals surface area contributed by atoms with Crippen molar-refractivity contribution in [2.45, 2.75) is 32.5 Å². The molecule has 3 amide bonds. The number of rotatable bonds is 16. The topological polar surface area (TPSA) is 145 Å². The second-order valence-corrected chi connectivity index (χ2v) is 10.4. The summed E-state index contributed by atoms with van der Waals surface area (Å²) in [6, 6.07) is 20.6. The molecule has 230 valence electrons. The summed E-state index contributed by atoms with van der Waals surface area (Å²) in [5.74, 6) is -0.0873. The SMILES string of the molecule is C[C@H](CN)N(Cc1ccccc1CC(=O)c1ccc(OCCO)cc1Cl)C(=O)NCC(=O)N(CCO)Cc1ccccc1. The van der Waals surface area contributed by atoms with Crippen LogP contribution in [0.4, 0.5) is 4.79 Å². The van der Waals surface area contributed by atoms with Gasteiger partial charge in [-0.2, -0.15) is 0 Å². The van der Waals surface area contributed by atoms with Gasteiger partial charge in [0.2, 0.25) is 5.91 Å². The van der Waals surface area contributed by atoms with Crippen molar-refractivity contribution in [3.05, 3.63) is 100 Å². The fourth-order valence-electron chi connectivity index (χ4n) is 4.45. The van der Waals surface area contributed by atoms with Crippen molar-refractivity contribution in [1.29, 1.82) is 0 Å². The zero-order valence-electron chi connectivity index (χ0n) is 24.2. The highest BCUT2D eigenvalue weighted by Gasteiger charge is 2.23. The van der Waals surface area contributed by atoms with Gasteiger partial charge < -0.3 is 35.8 Å². The fourth-order valence-corrected chi connectivity index (χ4v) is 4.72. The average molecular weight is 611 g/mol. The molecule has 3 aromatic rings. The van der Waals surface area contributed by atoms with E-state index >= 15 is 0 Å². The molecule has 0 bridgehead atoms. The number of amides is 3. The Morgan fingerprint density at radius 2 is 1.65 bits per heavy atom. The third-order valence-electron chi connectivity index (χ3n) is 6.87. The molecule has 0 heterocycles. The van der Waals surface area contributed by atoms with E-state index in [0.717, 1.165) is 16.7 Å². The van der Waals surface area contributed by atoms with E-state index in [-0.39, 0.29) is 75.2 Å². The number of ether oxygens (including phenoxy) is 1. The van der Waals surface area contributed by atoms with Gasteiger partial charge in [-0.15, -0.1) is 0 Å². The summed E-state index contributed by atoms with van der Waals surface area (Å²) >= 11 is 6.36. The van der Waals surface area contributed by atoms with Crippen LogP contribution >= 0.6 is 11.6 Å². The summed E-state index contributed by atoms with van der Waals surface area (Å²) in [7, 11) is 0. The monoisotopic (exact) mass is 610 g/mol. The molecule has 11 heteroatoms. The largest absolute Gasteiger partial charge is 0.491 e. The number of nitrogens with zero attached hydrogens (tertiary/aromatic N) is 2. The number of carbonyl (C=O) groups is 3. The smallest absolute Gasteiger partial charge is 0.318 e. The number of hydrogen-bond donors (Lipinski definition) is 4. The molecular weight excluding hydrogens is 572 g/mol. The average Bonchev–Trinajstić information content (AvgIpc) is 3.01. The van der Waals surface area contributed by atoms with Crippen LogP contribution < -0.4 is 15.8 Å². The lowest BCUT2D eigenvalue weighted by molar-refractivity contribution is -0.131. The number of aliphatic hydroxyl groups is 2. The van der Waals surface area contributed by atoms with Crippen molar-refractivity contribution in [2.75, 3.05) is 39.5 Å². The Hall–Kier alpha value is -3.96. The van der Waals surface area contributed by atoms with E-state index in [2.05, 4.69) is 5.32 Å². The third kappa shape index (κ3) is 10.1. The van der Waals surface area contributed by atoms with Gasteiger partial charge >= 0.3 is 6.03 Å². The number of halogens is 1. The van der Waals surface area contributed by atoms with Crippen LogP contribution in [-0.2, 0) is 24.3 Å². The number of urea groups is 1. The molecule has 0 saturated carbocycles. The molecule has 0 spiro atoms. The van der Waals surface area contributed by atoms with Crippen molar-refractivity contribution >= 4 is 29.3 Å². The molecule has 0 aliphatic carbocycles. The normalized spacial score (nSPS) is 11.5. The van der Waals surface area contributed by atoms with Gasteiger partial charge in [0.1, 0.15) is 12.4 Å². The molecule has 10 nitrogen and oxygen atoms in total. The van der Waals surface area contributed by atoms with Gasteiger partial charge in [0.25, 0.3) is 0 Å². The van der Waals surface area contributed by atoms with Crippen molar-refractivity contribution in [1.82, 2.24) is 15.1 Å². The highest BCUT2D eigenvalue weighted by Crippen LogP contribution is 2.25. The number of nitrogens with one attached hydrogen (secondary N) is 1. The van der Waals surface area contributed by atoms with Gasteiger partial charge in [-0.05, 0) is 41.8 Å². The fraction of sp³-hybridized carbons (Fsp3) is 0.344. The zero-order valence-corrected chi connectivity index (χ0v) is 25.0. The van der Waals surface area contributed by atoms with Gasteiger partial charge in [-0.1, -0.05) is 66.2 Å². The lowest BCUT2D eigenvalue weighted by Crippen LogP contribution is -2.50. The molecule has 3 rings (SSSR count). The molecule has 0 radical (unpaired) electrons. The molecule has 3 aromatic carbocycles. The Kier molecular flexibility index (Phi) is 13.4. The summed E-state index contributed by atoms with van der Waals surface area (Å²) in [4.78, 5) is 42.5. The first-order valence-corrected chi connectivity index (χ1v) is 14.4. The zero-order chi connectivity index (χ0) is 31.2. The predicted molar refractivity (Wildman–Crippen MR) is 165 cm³/mol. The van der Waals surface area contributed by atoms with Gasteiger partial charge in [0.15, 0.2) is 5.78 Å². The Morgan fingerprint density at radius 3 is 2.30 bits per heavy atom. The quantitative estimate of drug-likeness (QED) is 0.182. The predicted octanol–water partition coefficient (Wildman–Crippen LogP) is 3.02. The number of benzene rings is 3. The number of ketones is 1. The van der Waals surface area contributed by atoms with Crippen molar-refractivity contribution in [3.63, 3.8) is 0 Å². The molecular formula is C32H39ClN4O6. The molecule has 0 aliphatic heterocycles.